The number of hydrogen-bond acceptors (Lipinski definition) is 4. The summed E-state index contributed by atoms with van der Waals surface area (Å²) in [6, 6.07) is 25.7. The number of sulfonamides is 1. The smallest absolute Gasteiger partial charge is 0.243 e. The Kier molecular flexibility index (Phi) is 6.82. The van der Waals surface area contributed by atoms with Gasteiger partial charge >= 0.3 is 0 Å². The molecule has 0 aliphatic rings. The molecule has 168 valence electrons. The molecule has 0 N–H and O–H groups in total. The van der Waals surface area contributed by atoms with Gasteiger partial charge in [0.2, 0.25) is 10.0 Å². The minimum atomic E-state index is -3.78. The van der Waals surface area contributed by atoms with E-state index in [1.165, 1.54) is 16.6 Å². The Morgan fingerprint density at radius 3 is 2.30 bits per heavy atom. The third kappa shape index (κ3) is 5.63. The average Bonchev–Trinajstić information content (AvgIpc) is 3.26. The molecule has 33 heavy (non-hydrogen) atoms. The van der Waals surface area contributed by atoms with E-state index in [0.717, 1.165) is 11.1 Å². The van der Waals surface area contributed by atoms with Gasteiger partial charge in [0.15, 0.2) is 0 Å². The molecule has 0 aliphatic heterocycles. The van der Waals surface area contributed by atoms with Crippen LogP contribution < -0.4 is 0 Å². The molecule has 0 fully saturated rings. The maximum absolute atomic E-state index is 13.8. The first-order valence-electron chi connectivity index (χ1n) is 10.4. The minimum absolute atomic E-state index is 0.0403. The fourth-order valence-electron chi connectivity index (χ4n) is 3.28. The summed E-state index contributed by atoms with van der Waals surface area (Å²) in [6.45, 7) is 2.14. The summed E-state index contributed by atoms with van der Waals surface area (Å²) < 4.78 is 47.8. The first-order chi connectivity index (χ1) is 15.9. The fourth-order valence-corrected chi connectivity index (χ4v) is 4.68. The highest BCUT2D eigenvalue weighted by Crippen LogP contribution is 2.23. The second-order valence-electron chi connectivity index (χ2n) is 7.59. The number of aliphatic imine (C=N–C) groups is 1. The van der Waals surface area contributed by atoms with E-state index in [4.69, 9.17) is 4.42 Å². The van der Waals surface area contributed by atoms with Crippen molar-refractivity contribution in [2.75, 3.05) is 0 Å². The molecule has 1 heterocycles. The van der Waals surface area contributed by atoms with Crippen molar-refractivity contribution in [2.45, 2.75) is 24.9 Å². The molecule has 0 radical (unpaired) electrons. The van der Waals surface area contributed by atoms with Crippen LogP contribution >= 0.6 is 0 Å². The van der Waals surface area contributed by atoms with E-state index in [1.54, 1.807) is 54.6 Å². The molecule has 0 saturated carbocycles. The van der Waals surface area contributed by atoms with Gasteiger partial charge in [-0.3, -0.25) is 0 Å². The Morgan fingerprint density at radius 1 is 0.879 bits per heavy atom. The topological polar surface area (TPSA) is 62.9 Å². The van der Waals surface area contributed by atoms with Crippen molar-refractivity contribution in [1.82, 2.24) is 4.31 Å². The van der Waals surface area contributed by atoms with Crippen LogP contribution in [0.5, 0.6) is 0 Å². The molecule has 0 aliphatic carbocycles. The third-order valence-corrected chi connectivity index (χ3v) is 6.86. The molecule has 5 nitrogen and oxygen atoms in total. The molecule has 0 spiro atoms. The Bertz CT molecular complexity index is 1350. The maximum Gasteiger partial charge on any atom is 0.243 e. The third-order valence-electron chi connectivity index (χ3n) is 5.06. The summed E-state index contributed by atoms with van der Waals surface area (Å²) in [5.74, 6) is 0.427. The van der Waals surface area contributed by atoms with Crippen molar-refractivity contribution in [3.63, 3.8) is 0 Å². The summed E-state index contributed by atoms with van der Waals surface area (Å²) in [5, 5.41) is 0. The summed E-state index contributed by atoms with van der Waals surface area (Å²) >= 11 is 0. The SMILES string of the molecule is Cc1ccc(S(=O)(=O)N(Cc2ccccc2)Cc2ccc(C=Nc3ccccc3F)o2)cc1. The predicted molar refractivity (Wildman–Crippen MR) is 126 cm³/mol. The van der Waals surface area contributed by atoms with Crippen LogP contribution in [0.15, 0.2) is 105 Å². The zero-order valence-electron chi connectivity index (χ0n) is 18.1. The van der Waals surface area contributed by atoms with E-state index in [0.29, 0.717) is 11.5 Å². The van der Waals surface area contributed by atoms with Crippen LogP contribution in [0.25, 0.3) is 0 Å². The average molecular weight is 463 g/mol. The van der Waals surface area contributed by atoms with E-state index in [-0.39, 0.29) is 23.7 Å². The van der Waals surface area contributed by atoms with Gasteiger partial charge in [-0.1, -0.05) is 60.2 Å². The van der Waals surface area contributed by atoms with Crippen LogP contribution in [0.2, 0.25) is 0 Å². The number of rotatable bonds is 8. The molecule has 7 heteroatoms. The minimum Gasteiger partial charge on any atom is -0.459 e. The molecule has 4 aromatic rings. The van der Waals surface area contributed by atoms with E-state index in [2.05, 4.69) is 4.99 Å². The van der Waals surface area contributed by atoms with Gasteiger partial charge in [0.05, 0.1) is 23.3 Å². The second-order valence-corrected chi connectivity index (χ2v) is 9.52. The highest BCUT2D eigenvalue weighted by molar-refractivity contribution is 7.89. The Morgan fingerprint density at radius 2 is 1.58 bits per heavy atom. The van der Waals surface area contributed by atoms with Crippen LogP contribution in [0.3, 0.4) is 0 Å². The summed E-state index contributed by atoms with van der Waals surface area (Å²) in [7, 11) is -3.78. The van der Waals surface area contributed by atoms with Crippen LogP contribution in [0, 0.1) is 12.7 Å². The molecule has 0 bridgehead atoms. The molecule has 0 atom stereocenters. The number of benzene rings is 3. The number of para-hydroxylation sites is 1. The number of halogens is 1. The molecule has 4 rings (SSSR count). The zero-order chi connectivity index (χ0) is 23.3. The molecule has 3 aromatic carbocycles. The van der Waals surface area contributed by atoms with Gasteiger partial charge in [-0.2, -0.15) is 4.31 Å². The molecule has 0 saturated heterocycles. The predicted octanol–water partition coefficient (Wildman–Crippen LogP) is 5.87. The van der Waals surface area contributed by atoms with Crippen molar-refractivity contribution in [3.8, 4) is 0 Å². The standard InChI is InChI=1S/C26H23FN2O3S/c1-20-11-15-24(16-12-20)33(30,31)29(18-21-7-3-2-4-8-21)19-23-14-13-22(32-23)17-28-26-10-6-5-9-25(26)27/h2-17H,18-19H2,1H3. The maximum atomic E-state index is 13.8. The first kappa shape index (κ1) is 22.6. The second kappa shape index (κ2) is 9.94. The van der Waals surface area contributed by atoms with Gasteiger partial charge < -0.3 is 4.42 Å². The van der Waals surface area contributed by atoms with Crippen molar-refractivity contribution < 1.29 is 17.2 Å². The van der Waals surface area contributed by atoms with Crippen LogP contribution in [0.1, 0.15) is 22.6 Å². The number of furan rings is 1. The van der Waals surface area contributed by atoms with Gasteiger partial charge in [-0.15, -0.1) is 0 Å². The Labute approximate surface area is 192 Å². The monoisotopic (exact) mass is 462 g/mol. The van der Waals surface area contributed by atoms with E-state index >= 15 is 0 Å². The first-order valence-corrected chi connectivity index (χ1v) is 11.8. The zero-order valence-corrected chi connectivity index (χ0v) is 18.9. The van der Waals surface area contributed by atoms with Gasteiger partial charge in [0, 0.05) is 6.54 Å². The molecule has 1 aromatic heterocycles. The molecular formula is C26H23FN2O3S. The fraction of sp³-hybridized carbons (Fsp3) is 0.115. The summed E-state index contributed by atoms with van der Waals surface area (Å²) in [4.78, 5) is 4.33. The van der Waals surface area contributed by atoms with Gasteiger partial charge in [0.25, 0.3) is 0 Å². The lowest BCUT2D eigenvalue weighted by molar-refractivity contribution is 0.357. The lowest BCUT2D eigenvalue weighted by Gasteiger charge is -2.21. The van der Waals surface area contributed by atoms with E-state index < -0.39 is 15.8 Å². The van der Waals surface area contributed by atoms with Gasteiger partial charge in [-0.05, 0) is 48.9 Å². The van der Waals surface area contributed by atoms with Crippen molar-refractivity contribution in [2.24, 2.45) is 4.99 Å². The molecule has 0 amide bonds. The van der Waals surface area contributed by atoms with Crippen LogP contribution in [-0.4, -0.2) is 18.9 Å². The number of aryl methyl sites for hydroxylation is 1. The highest BCUT2D eigenvalue weighted by atomic mass is 32.2. The van der Waals surface area contributed by atoms with E-state index in [1.807, 2.05) is 37.3 Å². The van der Waals surface area contributed by atoms with Crippen molar-refractivity contribution >= 4 is 21.9 Å². The van der Waals surface area contributed by atoms with Crippen LogP contribution in [-0.2, 0) is 23.1 Å². The Hall–Kier alpha value is -3.55. The number of nitrogens with zero attached hydrogens (tertiary/aromatic N) is 2. The van der Waals surface area contributed by atoms with Crippen LogP contribution in [0.4, 0.5) is 10.1 Å². The van der Waals surface area contributed by atoms with Gasteiger partial charge in [0.1, 0.15) is 17.3 Å². The Balaban J connectivity index is 1.59. The molecular weight excluding hydrogens is 439 g/mol. The van der Waals surface area contributed by atoms with Crippen molar-refractivity contribution in [3.05, 3.63) is 119 Å². The summed E-state index contributed by atoms with van der Waals surface area (Å²) in [6.07, 6.45) is 1.41. The lowest BCUT2D eigenvalue weighted by atomic mass is 10.2. The van der Waals surface area contributed by atoms with Crippen molar-refractivity contribution in [1.29, 1.82) is 0 Å². The van der Waals surface area contributed by atoms with Gasteiger partial charge in [-0.25, -0.2) is 17.8 Å². The number of hydrogen-bond donors (Lipinski definition) is 0. The quantitative estimate of drug-likeness (QED) is 0.308. The highest BCUT2D eigenvalue weighted by Gasteiger charge is 2.26. The normalized spacial score (nSPS) is 12.0. The summed E-state index contributed by atoms with van der Waals surface area (Å²) in [5.41, 5.74) is 2.04. The lowest BCUT2D eigenvalue weighted by Crippen LogP contribution is -2.30. The largest absolute Gasteiger partial charge is 0.459 e. The molecule has 0 unspecified atom stereocenters. The van der Waals surface area contributed by atoms with E-state index in [9.17, 15) is 12.8 Å².